The molecule has 0 aliphatic rings. The van der Waals surface area contributed by atoms with Crippen LogP contribution >= 0.6 is 0 Å². The molecular weight excluding hydrogens is 174 g/mol. The number of hydrogen-bond donors (Lipinski definition) is 0. The number of para-hydroxylation sites is 1. The Morgan fingerprint density at radius 2 is 2.00 bits per heavy atom. The van der Waals surface area contributed by atoms with Crippen LogP contribution in [0.4, 0.5) is 0 Å². The van der Waals surface area contributed by atoms with Crippen LogP contribution < -0.4 is 4.74 Å². The second-order valence-corrected chi connectivity index (χ2v) is 3.32. The number of benzene rings is 1. The lowest BCUT2D eigenvalue weighted by Gasteiger charge is -2.20. The van der Waals surface area contributed by atoms with Crippen molar-refractivity contribution in [2.75, 3.05) is 0 Å². The molecule has 1 aromatic carbocycles. The van der Waals surface area contributed by atoms with Crippen molar-refractivity contribution in [1.29, 1.82) is 0 Å². The molecule has 1 aromatic rings. The second kappa shape index (κ2) is 4.36. The maximum atomic E-state index is 11.4. The fraction of sp³-hybridized carbons (Fsp3) is 0.300. The number of rotatable bonds is 3. The van der Waals surface area contributed by atoms with Crippen molar-refractivity contribution in [3.05, 3.63) is 30.3 Å². The smallest absolute Gasteiger partial charge is 0.307 e. The highest BCUT2D eigenvalue weighted by Crippen LogP contribution is 2.26. The van der Waals surface area contributed by atoms with Crippen LogP contribution in [0.1, 0.15) is 6.92 Å². The van der Waals surface area contributed by atoms with Crippen molar-refractivity contribution >= 4 is 21.7 Å². The molecule has 68 valence electrons. The zero-order chi connectivity index (χ0) is 10.6. The molecule has 0 N–H and O–H groups in total. The number of hydrogen-bond acceptors (Lipinski definition) is 2. The van der Waals surface area contributed by atoms with Crippen LogP contribution in [0.15, 0.2) is 30.3 Å². The highest BCUT2D eigenvalue weighted by Gasteiger charge is 2.26. The van der Waals surface area contributed by atoms with Gasteiger partial charge in [-0.05, 0) is 12.1 Å². The minimum absolute atomic E-state index is 0.0542. The maximum Gasteiger partial charge on any atom is 0.307 e. The fourth-order valence-corrected chi connectivity index (χ4v) is 0.795. The van der Waals surface area contributed by atoms with Gasteiger partial charge in [0.2, 0.25) is 0 Å². The first kappa shape index (κ1) is 10.9. The van der Waals surface area contributed by atoms with Crippen LogP contribution in [0.2, 0.25) is 11.6 Å². The Morgan fingerprint density at radius 1 is 1.43 bits per heavy atom. The molecule has 14 heavy (non-hydrogen) atoms. The lowest BCUT2D eigenvalue weighted by molar-refractivity contribution is -0.136. The molecule has 0 amide bonds. The van der Waals surface area contributed by atoms with Crippen molar-refractivity contribution in [3.8, 4) is 5.75 Å². The molecule has 0 bridgehead atoms. The fourth-order valence-electron chi connectivity index (χ4n) is 0.795. The third-order valence-electron chi connectivity index (χ3n) is 1.84. The molecule has 0 heterocycles. The molecule has 0 saturated heterocycles. The Labute approximate surface area is 86.5 Å². The topological polar surface area (TPSA) is 26.3 Å². The Bertz CT molecular complexity index is 309. The predicted octanol–water partition coefficient (Wildman–Crippen LogP) is 1.53. The molecule has 1 unspecified atom stereocenters. The van der Waals surface area contributed by atoms with Crippen molar-refractivity contribution in [3.63, 3.8) is 0 Å². The van der Waals surface area contributed by atoms with E-state index in [0.717, 1.165) is 0 Å². The summed E-state index contributed by atoms with van der Waals surface area (Å²) in [6.45, 7) is 1.54. The van der Waals surface area contributed by atoms with Gasteiger partial charge in [-0.25, -0.2) is 0 Å². The van der Waals surface area contributed by atoms with Gasteiger partial charge in [-0.1, -0.05) is 31.4 Å². The monoisotopic (exact) mass is 184 g/mol. The predicted molar refractivity (Wildman–Crippen MR) is 56.8 cm³/mol. The van der Waals surface area contributed by atoms with Crippen molar-refractivity contribution in [2.45, 2.75) is 18.6 Å². The van der Waals surface area contributed by atoms with Crippen molar-refractivity contribution < 1.29 is 9.53 Å². The third kappa shape index (κ3) is 2.66. The first-order valence-electron chi connectivity index (χ1n) is 4.32. The van der Waals surface area contributed by atoms with Gasteiger partial charge < -0.3 is 4.74 Å². The van der Waals surface area contributed by atoms with Crippen LogP contribution in [0.5, 0.6) is 5.75 Å². The Morgan fingerprint density at radius 3 is 2.50 bits per heavy atom. The minimum atomic E-state index is -1.13. The van der Waals surface area contributed by atoms with E-state index in [2.05, 4.69) is 0 Å². The summed E-state index contributed by atoms with van der Waals surface area (Å²) in [5.41, 5.74) is 0. The molecular formula is C10H10B2O2. The second-order valence-electron chi connectivity index (χ2n) is 3.32. The lowest BCUT2D eigenvalue weighted by Crippen LogP contribution is -2.25. The maximum absolute atomic E-state index is 11.4. The summed E-state index contributed by atoms with van der Waals surface area (Å²) in [7, 11) is 10.9. The van der Waals surface area contributed by atoms with Gasteiger partial charge in [0.25, 0.3) is 0 Å². The van der Waals surface area contributed by atoms with E-state index in [0.29, 0.717) is 5.75 Å². The van der Waals surface area contributed by atoms with Gasteiger partial charge in [-0.3, -0.25) is 4.79 Å². The molecule has 4 heteroatoms. The molecule has 1 rings (SSSR count). The average molecular weight is 184 g/mol. The number of esters is 1. The molecule has 0 aliphatic heterocycles. The quantitative estimate of drug-likeness (QED) is 0.404. The van der Waals surface area contributed by atoms with Crippen LogP contribution in [-0.4, -0.2) is 21.7 Å². The minimum Gasteiger partial charge on any atom is -0.427 e. The molecule has 4 radical (unpaired) electrons. The molecule has 0 fully saturated rings. The highest BCUT2D eigenvalue weighted by atomic mass is 16.5. The van der Waals surface area contributed by atoms with Gasteiger partial charge in [-0.2, -0.15) is 0 Å². The summed E-state index contributed by atoms with van der Waals surface area (Å²) in [6.07, 6.45) is 0.0542. The van der Waals surface area contributed by atoms with Gasteiger partial charge in [0.05, 0.1) is 15.7 Å². The van der Waals surface area contributed by atoms with E-state index < -0.39 is 11.3 Å². The van der Waals surface area contributed by atoms with Gasteiger partial charge in [-0.15, -0.1) is 0 Å². The summed E-state index contributed by atoms with van der Waals surface area (Å²) >= 11 is 0. The molecule has 0 saturated carbocycles. The van der Waals surface area contributed by atoms with E-state index in [-0.39, 0.29) is 6.32 Å². The van der Waals surface area contributed by atoms with Gasteiger partial charge in [0, 0.05) is 5.31 Å². The van der Waals surface area contributed by atoms with E-state index >= 15 is 0 Å². The van der Waals surface area contributed by atoms with Gasteiger partial charge >= 0.3 is 5.97 Å². The van der Waals surface area contributed by atoms with Crippen molar-refractivity contribution in [2.24, 2.45) is 0 Å². The normalized spacial score (nSPS) is 14.4. The number of carbonyl (C=O) groups is 1. The molecule has 2 nitrogen and oxygen atoms in total. The lowest BCUT2D eigenvalue weighted by atomic mass is 9.63. The van der Waals surface area contributed by atoms with Crippen LogP contribution in [-0.2, 0) is 4.79 Å². The zero-order valence-electron chi connectivity index (χ0n) is 8.07. The summed E-state index contributed by atoms with van der Waals surface area (Å²) in [5, 5.41) is -1.13. The van der Waals surface area contributed by atoms with Crippen molar-refractivity contribution in [1.82, 2.24) is 0 Å². The number of ether oxygens (including phenoxy) is 1. The highest BCUT2D eigenvalue weighted by molar-refractivity contribution is 6.31. The molecule has 0 spiro atoms. The summed E-state index contributed by atoms with van der Waals surface area (Å²) in [4.78, 5) is 11.4. The molecule has 1 atom stereocenters. The van der Waals surface area contributed by atoms with E-state index in [1.54, 1.807) is 24.3 Å². The van der Waals surface area contributed by atoms with Crippen LogP contribution in [0.25, 0.3) is 0 Å². The third-order valence-corrected chi connectivity index (χ3v) is 1.84. The molecule has 0 aromatic heterocycles. The summed E-state index contributed by atoms with van der Waals surface area (Å²) in [6, 6.07) is 8.76. The van der Waals surface area contributed by atoms with E-state index in [4.69, 9.17) is 20.4 Å². The average Bonchev–Trinajstić information content (AvgIpc) is 2.19. The Kier molecular flexibility index (Phi) is 3.39. The van der Waals surface area contributed by atoms with E-state index in [9.17, 15) is 4.79 Å². The molecule has 0 aliphatic carbocycles. The standard InChI is InChI=1S/C10H10B2O2/c1-10(12,7-11)9(13)14-8-5-3-2-4-6-8/h2-6H,7H2,1H3. The van der Waals surface area contributed by atoms with Gasteiger partial charge in [0.1, 0.15) is 5.75 Å². The van der Waals surface area contributed by atoms with E-state index in [1.807, 2.05) is 6.07 Å². The zero-order valence-corrected chi connectivity index (χ0v) is 8.07. The largest absolute Gasteiger partial charge is 0.427 e. The Hall–Kier alpha value is -1.18. The first-order chi connectivity index (χ1) is 6.56. The SMILES string of the molecule is [B]CC([B])(C)C(=O)Oc1ccccc1. The number of carbonyl (C=O) groups excluding carboxylic acids is 1. The first-order valence-corrected chi connectivity index (χ1v) is 4.32. The summed E-state index contributed by atoms with van der Waals surface area (Å²) < 4.78 is 5.03. The summed E-state index contributed by atoms with van der Waals surface area (Å²) in [5.74, 6) is -0.0474. The Balaban J connectivity index is 2.67. The van der Waals surface area contributed by atoms with Gasteiger partial charge in [0.15, 0.2) is 0 Å². The van der Waals surface area contributed by atoms with E-state index in [1.165, 1.54) is 6.92 Å². The van der Waals surface area contributed by atoms with Crippen LogP contribution in [0.3, 0.4) is 0 Å². The van der Waals surface area contributed by atoms with Crippen LogP contribution in [0, 0.1) is 0 Å².